The number of nitrogens with two attached hydrogens (primary N) is 1. The third kappa shape index (κ3) is 3.63. The van der Waals surface area contributed by atoms with Gasteiger partial charge in [-0.1, -0.05) is 13.0 Å². The summed E-state index contributed by atoms with van der Waals surface area (Å²) in [5.41, 5.74) is 7.55. The molecule has 21 heavy (non-hydrogen) atoms. The van der Waals surface area contributed by atoms with E-state index >= 15 is 0 Å². The van der Waals surface area contributed by atoms with Gasteiger partial charge in [0.1, 0.15) is 0 Å². The maximum Gasteiger partial charge on any atom is 0.243 e. The molecule has 0 saturated carbocycles. The summed E-state index contributed by atoms with van der Waals surface area (Å²) in [6, 6.07) is 5.15. The van der Waals surface area contributed by atoms with Crippen LogP contribution in [0.3, 0.4) is 0 Å². The van der Waals surface area contributed by atoms with Gasteiger partial charge in [-0.15, -0.1) is 0 Å². The molecule has 0 aliphatic carbocycles. The third-order valence-electron chi connectivity index (χ3n) is 3.96. The Kier molecular flexibility index (Phi) is 5.37. The summed E-state index contributed by atoms with van der Waals surface area (Å²) >= 11 is 0. The molecule has 1 aromatic carbocycles. The molecule has 2 rings (SSSR count). The zero-order chi connectivity index (χ0) is 15.5. The molecular formula is C15H24N2O3S. The number of hydrogen-bond donors (Lipinski definition) is 1. The van der Waals surface area contributed by atoms with Crippen LogP contribution in [0.1, 0.15) is 30.9 Å². The lowest BCUT2D eigenvalue weighted by Crippen LogP contribution is -2.37. The van der Waals surface area contributed by atoms with Crippen molar-refractivity contribution in [2.24, 2.45) is 5.73 Å². The highest BCUT2D eigenvalue weighted by Crippen LogP contribution is 2.22. The van der Waals surface area contributed by atoms with E-state index in [1.165, 1.54) is 4.31 Å². The first-order chi connectivity index (χ1) is 9.98. The zero-order valence-corrected chi connectivity index (χ0v) is 13.5. The number of hydrogen-bond acceptors (Lipinski definition) is 4. The molecule has 1 aromatic rings. The quantitative estimate of drug-likeness (QED) is 0.867. The summed E-state index contributed by atoms with van der Waals surface area (Å²) < 4.78 is 32.6. The van der Waals surface area contributed by atoms with Gasteiger partial charge in [0.25, 0.3) is 0 Å². The van der Waals surface area contributed by atoms with Crippen LogP contribution in [0.5, 0.6) is 0 Å². The molecule has 0 radical (unpaired) electrons. The van der Waals surface area contributed by atoms with Gasteiger partial charge in [0.15, 0.2) is 0 Å². The molecule has 2 N–H and O–H groups in total. The largest absolute Gasteiger partial charge is 0.377 e. The van der Waals surface area contributed by atoms with Crippen LogP contribution < -0.4 is 5.73 Å². The van der Waals surface area contributed by atoms with E-state index in [-0.39, 0.29) is 6.10 Å². The van der Waals surface area contributed by atoms with E-state index in [0.29, 0.717) is 24.5 Å². The highest BCUT2D eigenvalue weighted by atomic mass is 32.2. The Morgan fingerprint density at radius 3 is 2.76 bits per heavy atom. The fourth-order valence-corrected chi connectivity index (χ4v) is 4.12. The number of aryl methyl sites for hydroxylation is 1. The number of nitrogens with zero attached hydrogens (tertiary/aromatic N) is 1. The van der Waals surface area contributed by atoms with Crippen molar-refractivity contribution in [1.29, 1.82) is 0 Å². The summed E-state index contributed by atoms with van der Waals surface area (Å²) in [6.07, 6.45) is 1.94. The summed E-state index contributed by atoms with van der Waals surface area (Å²) in [5.74, 6) is 0. The van der Waals surface area contributed by atoms with E-state index in [1.807, 2.05) is 19.9 Å². The molecule has 0 aromatic heterocycles. The summed E-state index contributed by atoms with van der Waals surface area (Å²) in [5, 5.41) is 0. The van der Waals surface area contributed by atoms with Crippen molar-refractivity contribution in [2.75, 3.05) is 19.7 Å². The minimum Gasteiger partial charge on any atom is -0.377 e. The first-order valence-corrected chi connectivity index (χ1v) is 8.84. The monoisotopic (exact) mass is 312 g/mol. The summed E-state index contributed by atoms with van der Waals surface area (Å²) in [4.78, 5) is 0.313. The maximum absolute atomic E-state index is 12.8. The highest BCUT2D eigenvalue weighted by molar-refractivity contribution is 7.89. The predicted octanol–water partition coefficient (Wildman–Crippen LogP) is 1.64. The van der Waals surface area contributed by atoms with Gasteiger partial charge in [0.2, 0.25) is 10.0 Å². The summed E-state index contributed by atoms with van der Waals surface area (Å²) in [6.45, 7) is 5.71. The van der Waals surface area contributed by atoms with E-state index in [9.17, 15) is 8.42 Å². The number of likely N-dealkylation sites (N-methyl/N-ethyl adjacent to an activating group) is 1. The van der Waals surface area contributed by atoms with E-state index in [4.69, 9.17) is 10.5 Å². The number of rotatable bonds is 6. The topological polar surface area (TPSA) is 72.6 Å². The van der Waals surface area contributed by atoms with Gasteiger partial charge in [0, 0.05) is 26.2 Å². The normalized spacial score (nSPS) is 19.3. The van der Waals surface area contributed by atoms with E-state index in [2.05, 4.69) is 0 Å². The number of benzene rings is 1. The minimum absolute atomic E-state index is 0.0131. The Labute approximate surface area is 127 Å². The second kappa shape index (κ2) is 6.87. The van der Waals surface area contributed by atoms with E-state index in [0.717, 1.165) is 30.6 Å². The van der Waals surface area contributed by atoms with Crippen molar-refractivity contribution in [3.8, 4) is 0 Å². The fourth-order valence-electron chi connectivity index (χ4n) is 2.59. The number of ether oxygens (including phenoxy) is 1. The Hall–Kier alpha value is -0.950. The van der Waals surface area contributed by atoms with Gasteiger partial charge in [-0.05, 0) is 43.0 Å². The van der Waals surface area contributed by atoms with Crippen molar-refractivity contribution < 1.29 is 13.2 Å². The average Bonchev–Trinajstić information content (AvgIpc) is 2.97. The van der Waals surface area contributed by atoms with Gasteiger partial charge in [-0.25, -0.2) is 8.42 Å². The lowest BCUT2D eigenvalue weighted by Gasteiger charge is -2.23. The molecule has 1 atom stereocenters. The molecule has 5 nitrogen and oxygen atoms in total. The highest BCUT2D eigenvalue weighted by Gasteiger charge is 2.28. The van der Waals surface area contributed by atoms with Crippen LogP contribution in [0.15, 0.2) is 23.1 Å². The first kappa shape index (κ1) is 16.4. The molecule has 0 bridgehead atoms. The second-order valence-electron chi connectivity index (χ2n) is 5.38. The van der Waals surface area contributed by atoms with E-state index < -0.39 is 10.0 Å². The zero-order valence-electron chi connectivity index (χ0n) is 12.7. The maximum atomic E-state index is 12.8. The van der Waals surface area contributed by atoms with Gasteiger partial charge in [-0.3, -0.25) is 0 Å². The standard InChI is InChI=1S/C15H24N2O3S/c1-3-17(11-14-5-4-8-20-14)21(18,19)15-7-6-12(2)13(9-15)10-16/h6-7,9,14H,3-5,8,10-11,16H2,1-2H3. The summed E-state index contributed by atoms with van der Waals surface area (Å²) in [7, 11) is -3.49. The minimum atomic E-state index is -3.49. The smallest absolute Gasteiger partial charge is 0.243 e. The molecule has 1 fully saturated rings. The van der Waals surface area contributed by atoms with Crippen molar-refractivity contribution in [3.63, 3.8) is 0 Å². The average molecular weight is 312 g/mol. The fraction of sp³-hybridized carbons (Fsp3) is 0.600. The van der Waals surface area contributed by atoms with Gasteiger partial charge >= 0.3 is 0 Å². The van der Waals surface area contributed by atoms with Gasteiger partial charge < -0.3 is 10.5 Å². The Morgan fingerprint density at radius 1 is 1.43 bits per heavy atom. The lowest BCUT2D eigenvalue weighted by atomic mass is 10.1. The molecule has 1 aliphatic rings. The van der Waals surface area contributed by atoms with Crippen LogP contribution in [0.25, 0.3) is 0 Å². The van der Waals surface area contributed by atoms with Gasteiger partial charge in [-0.2, -0.15) is 4.31 Å². The van der Waals surface area contributed by atoms with Crippen molar-refractivity contribution >= 4 is 10.0 Å². The molecule has 1 saturated heterocycles. The van der Waals surface area contributed by atoms with Gasteiger partial charge in [0.05, 0.1) is 11.0 Å². The van der Waals surface area contributed by atoms with Crippen LogP contribution >= 0.6 is 0 Å². The first-order valence-electron chi connectivity index (χ1n) is 7.40. The second-order valence-corrected chi connectivity index (χ2v) is 7.32. The Balaban J connectivity index is 2.25. The van der Waals surface area contributed by atoms with Crippen molar-refractivity contribution in [1.82, 2.24) is 4.31 Å². The molecule has 0 amide bonds. The van der Waals surface area contributed by atoms with E-state index in [1.54, 1.807) is 12.1 Å². The molecule has 1 unspecified atom stereocenters. The Morgan fingerprint density at radius 2 is 2.19 bits per heavy atom. The van der Waals surface area contributed by atoms with Crippen LogP contribution in [-0.4, -0.2) is 38.5 Å². The van der Waals surface area contributed by atoms with Crippen LogP contribution in [-0.2, 0) is 21.3 Å². The molecule has 1 aliphatic heterocycles. The third-order valence-corrected chi connectivity index (χ3v) is 5.90. The van der Waals surface area contributed by atoms with Crippen LogP contribution in [0, 0.1) is 6.92 Å². The Bertz CT molecular complexity index is 581. The predicted molar refractivity (Wildman–Crippen MR) is 82.5 cm³/mol. The molecule has 6 heteroatoms. The lowest BCUT2D eigenvalue weighted by molar-refractivity contribution is 0.0947. The SMILES string of the molecule is CCN(CC1CCCO1)S(=O)(=O)c1ccc(C)c(CN)c1. The van der Waals surface area contributed by atoms with Crippen LogP contribution in [0.2, 0.25) is 0 Å². The van der Waals surface area contributed by atoms with Crippen LogP contribution in [0.4, 0.5) is 0 Å². The van der Waals surface area contributed by atoms with Crippen molar-refractivity contribution in [2.45, 2.75) is 44.2 Å². The number of sulfonamides is 1. The molecule has 0 spiro atoms. The molecular weight excluding hydrogens is 288 g/mol. The molecule has 1 heterocycles. The molecule has 118 valence electrons. The van der Waals surface area contributed by atoms with Crippen molar-refractivity contribution in [3.05, 3.63) is 29.3 Å².